The zero-order chi connectivity index (χ0) is 15.7. The minimum absolute atomic E-state index is 0.411. The van der Waals surface area contributed by atoms with Crippen LogP contribution in [0.2, 0.25) is 43.3 Å². The van der Waals surface area contributed by atoms with Crippen LogP contribution in [0.3, 0.4) is 0 Å². The van der Waals surface area contributed by atoms with Crippen molar-refractivity contribution in [2.75, 3.05) is 0 Å². The second kappa shape index (κ2) is 1.16. The average molecular weight is 386 g/mol. The van der Waals surface area contributed by atoms with Crippen LogP contribution in [0.1, 0.15) is 0 Å². The molecule has 1 nitrogen and oxygen atoms in total. The van der Waals surface area contributed by atoms with E-state index >= 15 is 4.57 Å². The van der Waals surface area contributed by atoms with Gasteiger partial charge in [-0.15, -0.1) is 0 Å². The molecule has 0 amide bonds. The van der Waals surface area contributed by atoms with Crippen molar-refractivity contribution in [1.82, 2.24) is 0 Å². The number of rotatable bonds is 3. The van der Waals surface area contributed by atoms with Crippen LogP contribution in [0.5, 0.6) is 0 Å². The Labute approximate surface area is 136 Å². The molecule has 12 rings (SSSR count). The van der Waals surface area contributed by atoms with Gasteiger partial charge >= 0.3 is 137 Å². The molecule has 126 valence electrons. The fraction of sp³-hybridized carbons (Fsp3) is 0.455. The molecule has 0 saturated carbocycles. The Bertz CT molecular complexity index is 1430. The number of hydrogen-bond donors (Lipinski definition) is 0. The van der Waals surface area contributed by atoms with E-state index in [1.54, 1.807) is 0 Å². The van der Waals surface area contributed by atoms with Gasteiger partial charge < -0.3 is 0 Å². The summed E-state index contributed by atoms with van der Waals surface area (Å²) in [5.41, 5.74) is 0. The van der Waals surface area contributed by atoms with Crippen molar-refractivity contribution in [3.63, 3.8) is 0 Å². The second-order valence-corrected chi connectivity index (χ2v) is 39.9. The van der Waals surface area contributed by atoms with E-state index < -0.39 is 13.7 Å². The molecule has 2 aromatic carbocycles. The number of fused-ring (bicyclic) bond motifs is 10. The van der Waals surface area contributed by atoms with Gasteiger partial charge in [-0.25, -0.2) is 0 Å². The first-order valence-electron chi connectivity index (χ1n) is 9.93. The van der Waals surface area contributed by atoms with Crippen molar-refractivity contribution in [1.29, 1.82) is 0 Å². The Morgan fingerprint density at radius 2 is 1.04 bits per heavy atom. The molecule has 10 aliphatic rings. The van der Waals surface area contributed by atoms with Crippen LogP contribution in [-0.4, -0.2) is 4.05 Å². The third-order valence-corrected chi connectivity index (χ3v) is 67.7. The molecule has 2 aromatic rings. The molecule has 25 heavy (non-hydrogen) atoms. The van der Waals surface area contributed by atoms with Gasteiger partial charge in [0.1, 0.15) is 0 Å². The molecular weight excluding hydrogens is 367 g/mol. The summed E-state index contributed by atoms with van der Waals surface area (Å²) in [4.78, 5) is 10.8. The van der Waals surface area contributed by atoms with Gasteiger partial charge in [0.2, 0.25) is 0 Å². The van der Waals surface area contributed by atoms with Crippen LogP contribution in [0.15, 0.2) is 60.7 Å². The Balaban J connectivity index is 1.35. The van der Waals surface area contributed by atoms with Crippen LogP contribution >= 0.6 is 7.14 Å². The zero-order valence-electron chi connectivity index (χ0n) is 13.7. The predicted octanol–water partition coefficient (Wildman–Crippen LogP) is 5.30. The third kappa shape index (κ3) is 0.168. The third-order valence-electron chi connectivity index (χ3n) is 17.3. The fourth-order valence-electron chi connectivity index (χ4n) is 18.8. The van der Waals surface area contributed by atoms with Crippen LogP contribution in [0, 0.1) is 0 Å². The van der Waals surface area contributed by atoms with Crippen molar-refractivity contribution in [3.8, 4) is 0 Å². The SMILES string of the molecule is O=P(c1ccccc1)(c1ccccc1)[C]12[CH]3[CH]4[CH]5[CH]1[Fe]45321678[CH]2[CH]1[CH]6[CH]7[CH]28. The first-order chi connectivity index (χ1) is 12.0. The summed E-state index contributed by atoms with van der Waals surface area (Å²) in [6.07, 6.45) is 0. The van der Waals surface area contributed by atoms with Crippen LogP contribution in [0.25, 0.3) is 0 Å². The first-order valence-corrected chi connectivity index (χ1v) is 17.9. The number of benzene rings is 2. The summed E-state index contributed by atoms with van der Waals surface area (Å²) in [6.45, 7) is -3.44. The second-order valence-electron chi connectivity index (χ2n) is 12.9. The molecule has 0 bridgehead atoms. The van der Waals surface area contributed by atoms with Gasteiger partial charge in [0.15, 0.2) is 0 Å². The Morgan fingerprint density at radius 3 is 1.32 bits per heavy atom. The van der Waals surface area contributed by atoms with Crippen LogP contribution in [0.4, 0.5) is 0 Å². The van der Waals surface area contributed by atoms with Crippen LogP contribution in [-0.2, 0) is 11.1 Å². The Kier molecular flexibility index (Phi) is 0.488. The quantitative estimate of drug-likeness (QED) is 0.517. The van der Waals surface area contributed by atoms with Gasteiger partial charge in [0, 0.05) is 0 Å². The molecule has 10 aliphatic heterocycles. The zero-order valence-corrected chi connectivity index (χ0v) is 15.7. The van der Waals surface area contributed by atoms with Crippen molar-refractivity contribution >= 4 is 17.8 Å². The van der Waals surface area contributed by atoms with E-state index in [1.807, 2.05) is 0 Å². The summed E-state index contributed by atoms with van der Waals surface area (Å²) in [5.74, 6) is 0. The predicted molar refractivity (Wildman–Crippen MR) is 96.2 cm³/mol. The molecule has 0 aromatic heterocycles. The van der Waals surface area contributed by atoms with E-state index in [2.05, 4.69) is 60.7 Å². The van der Waals surface area contributed by atoms with Gasteiger partial charge in [-0.2, -0.15) is 0 Å². The molecule has 10 fully saturated rings. The van der Waals surface area contributed by atoms with Gasteiger partial charge in [0.05, 0.1) is 0 Å². The standard InChI is InChI=1S/C17H14OP.C5H5.Fe/c18-19(17-13-7-8-14-17,15-9-3-1-4-10-15)16-11-5-2-6-12-16;1-2-4-5-3-1;/h1-14H;1-5H;. The molecular formula is C22H19FeOP. The molecule has 10 saturated heterocycles. The first kappa shape index (κ1) is 10.5. The van der Waals surface area contributed by atoms with E-state index in [0.29, 0.717) is 4.05 Å². The van der Waals surface area contributed by atoms with Gasteiger partial charge in [-0.1, -0.05) is 0 Å². The topological polar surface area (TPSA) is 17.1 Å². The molecule has 4 unspecified atom stereocenters. The van der Waals surface area contributed by atoms with Crippen molar-refractivity contribution in [2.45, 2.75) is 47.4 Å². The molecule has 0 radical (unpaired) electrons. The summed E-state index contributed by atoms with van der Waals surface area (Å²) in [7, 11) is -2.50. The monoisotopic (exact) mass is 386 g/mol. The summed E-state index contributed by atoms with van der Waals surface area (Å²) in [5, 5.41) is 2.43. The molecule has 0 N–H and O–H groups in total. The van der Waals surface area contributed by atoms with Gasteiger partial charge in [0.25, 0.3) is 0 Å². The molecule has 1 spiro atoms. The fourth-order valence-corrected chi connectivity index (χ4v) is 110. The van der Waals surface area contributed by atoms with E-state index in [4.69, 9.17) is 0 Å². The molecule has 4 atom stereocenters. The summed E-state index contributed by atoms with van der Waals surface area (Å²) >= 11 is 0. The van der Waals surface area contributed by atoms with Gasteiger partial charge in [-0.3, -0.25) is 0 Å². The average Bonchev–Trinajstić information content (AvgIpc) is 3.62. The normalized spacial score (nSPS) is 85.2. The molecule has 0 aliphatic carbocycles. The van der Waals surface area contributed by atoms with Crippen molar-refractivity contribution in [3.05, 3.63) is 60.7 Å². The van der Waals surface area contributed by atoms with Crippen molar-refractivity contribution < 1.29 is 11.1 Å². The van der Waals surface area contributed by atoms with Crippen LogP contribution < -0.4 is 10.6 Å². The summed E-state index contributed by atoms with van der Waals surface area (Å²) < 4.78 is 15.8. The van der Waals surface area contributed by atoms with Crippen molar-refractivity contribution in [2.24, 2.45) is 0 Å². The van der Waals surface area contributed by atoms with E-state index in [1.165, 1.54) is 44.3 Å². The van der Waals surface area contributed by atoms with E-state index in [0.717, 1.165) is 9.63 Å². The van der Waals surface area contributed by atoms with Gasteiger partial charge in [-0.05, 0) is 0 Å². The maximum absolute atomic E-state index is 15.4. The minimum atomic E-state index is -3.44. The Hall–Kier alpha value is -0.811. The molecule has 10 heterocycles. The molecule has 3 heteroatoms. The van der Waals surface area contributed by atoms with E-state index in [-0.39, 0.29) is 0 Å². The number of hydrogen-bond acceptors (Lipinski definition) is 1. The maximum atomic E-state index is 15.4. The van der Waals surface area contributed by atoms with E-state index in [9.17, 15) is 0 Å². The Morgan fingerprint density at radius 1 is 0.640 bits per heavy atom. The summed E-state index contributed by atoms with van der Waals surface area (Å²) in [6, 6.07) is 21.6.